The molecule has 0 nitrogen and oxygen atoms in total. The Morgan fingerprint density at radius 3 is 1.80 bits per heavy atom. The third-order valence-corrected chi connectivity index (χ3v) is 19.9. The summed E-state index contributed by atoms with van der Waals surface area (Å²) in [4.78, 5) is 0. The summed E-state index contributed by atoms with van der Waals surface area (Å²) in [5.41, 5.74) is 0. The van der Waals surface area contributed by atoms with E-state index >= 15 is 0 Å². The molecule has 2 heteroatoms. The molecule has 1 radical (unpaired) electrons. The van der Waals surface area contributed by atoms with Crippen molar-refractivity contribution in [1.29, 1.82) is 0 Å². The monoisotopic (exact) mass is 385 g/mol. The molecule has 1 aromatic carbocycles. The summed E-state index contributed by atoms with van der Waals surface area (Å²) < 4.78 is 19.2. The molecular formula is C18H30FSn. The van der Waals surface area contributed by atoms with Gasteiger partial charge in [0.1, 0.15) is 0 Å². The van der Waals surface area contributed by atoms with Crippen LogP contribution >= 0.6 is 0 Å². The van der Waals surface area contributed by atoms with Gasteiger partial charge >= 0.3 is 129 Å². The molecule has 1 aromatic rings. The Labute approximate surface area is 129 Å². The first-order valence-corrected chi connectivity index (χ1v) is 15.8. The summed E-state index contributed by atoms with van der Waals surface area (Å²) in [6.45, 7) is 6.82. The van der Waals surface area contributed by atoms with Gasteiger partial charge in [0.05, 0.1) is 0 Å². The van der Waals surface area contributed by atoms with Crippen LogP contribution in [0.1, 0.15) is 59.3 Å². The van der Waals surface area contributed by atoms with Crippen LogP contribution in [0.3, 0.4) is 0 Å². The second-order valence-corrected chi connectivity index (χ2v) is 19.3. The fourth-order valence-electron chi connectivity index (χ4n) is 3.10. The van der Waals surface area contributed by atoms with Gasteiger partial charge in [-0.1, -0.05) is 0 Å². The van der Waals surface area contributed by atoms with Crippen LogP contribution in [0.5, 0.6) is 0 Å². The summed E-state index contributed by atoms with van der Waals surface area (Å²) in [7, 11) is 0. The zero-order valence-electron chi connectivity index (χ0n) is 13.5. The SMILES string of the molecule is CCC[CH2][Sn]([CH2]CCC)([CH2]CCC)[c]1c[c]cc(F)c1. The second kappa shape index (κ2) is 9.81. The van der Waals surface area contributed by atoms with E-state index in [0.717, 1.165) is 0 Å². The molecule has 0 aliphatic carbocycles. The van der Waals surface area contributed by atoms with Crippen LogP contribution < -0.4 is 3.58 Å². The fourth-order valence-corrected chi connectivity index (χ4v) is 18.9. The van der Waals surface area contributed by atoms with Gasteiger partial charge in [-0.2, -0.15) is 0 Å². The van der Waals surface area contributed by atoms with Crippen molar-refractivity contribution in [2.24, 2.45) is 0 Å². The molecule has 0 N–H and O–H groups in total. The van der Waals surface area contributed by atoms with Gasteiger partial charge in [-0.05, 0) is 0 Å². The van der Waals surface area contributed by atoms with Crippen molar-refractivity contribution in [2.75, 3.05) is 0 Å². The van der Waals surface area contributed by atoms with E-state index in [4.69, 9.17) is 0 Å². The molecule has 0 aliphatic rings. The Morgan fingerprint density at radius 1 is 0.900 bits per heavy atom. The Balaban J connectivity index is 3.04. The third-order valence-electron chi connectivity index (χ3n) is 4.39. The molecule has 0 unspecified atom stereocenters. The molecule has 0 amide bonds. The van der Waals surface area contributed by atoms with Gasteiger partial charge in [0.2, 0.25) is 0 Å². The average molecular weight is 384 g/mol. The molecule has 20 heavy (non-hydrogen) atoms. The minimum absolute atomic E-state index is 0.0897. The number of hydrogen-bond donors (Lipinski definition) is 0. The molecule has 0 saturated carbocycles. The Morgan fingerprint density at radius 2 is 1.40 bits per heavy atom. The van der Waals surface area contributed by atoms with E-state index in [1.165, 1.54) is 61.5 Å². The van der Waals surface area contributed by atoms with Crippen molar-refractivity contribution in [1.82, 2.24) is 0 Å². The average Bonchev–Trinajstić information content (AvgIpc) is 2.47. The molecule has 0 saturated heterocycles. The van der Waals surface area contributed by atoms with Gasteiger partial charge in [0.25, 0.3) is 0 Å². The maximum atomic E-state index is 13.7. The second-order valence-electron chi connectivity index (χ2n) is 6.03. The van der Waals surface area contributed by atoms with Gasteiger partial charge in [0, 0.05) is 0 Å². The van der Waals surface area contributed by atoms with Crippen molar-refractivity contribution in [3.05, 3.63) is 30.1 Å². The molecular weight excluding hydrogens is 354 g/mol. The molecule has 0 aromatic heterocycles. The number of hydrogen-bond acceptors (Lipinski definition) is 0. The van der Waals surface area contributed by atoms with Crippen LogP contribution in [0.4, 0.5) is 4.39 Å². The van der Waals surface area contributed by atoms with E-state index in [-0.39, 0.29) is 5.82 Å². The van der Waals surface area contributed by atoms with Crippen LogP contribution in [-0.2, 0) is 0 Å². The maximum absolute atomic E-state index is 13.7. The molecule has 113 valence electrons. The van der Waals surface area contributed by atoms with E-state index < -0.39 is 18.4 Å². The van der Waals surface area contributed by atoms with Gasteiger partial charge in [-0.25, -0.2) is 0 Å². The van der Waals surface area contributed by atoms with Gasteiger partial charge in [-0.3, -0.25) is 0 Å². The molecule has 0 fully saturated rings. The third kappa shape index (κ3) is 5.38. The first-order valence-electron chi connectivity index (χ1n) is 8.35. The summed E-state index contributed by atoms with van der Waals surface area (Å²) in [5.74, 6) is -0.0897. The molecule has 0 spiro atoms. The van der Waals surface area contributed by atoms with Crippen molar-refractivity contribution in [3.63, 3.8) is 0 Å². The molecule has 0 heterocycles. The van der Waals surface area contributed by atoms with Crippen LogP contribution in [0, 0.1) is 11.9 Å². The summed E-state index contributed by atoms with van der Waals surface area (Å²) in [6.07, 6.45) is 7.74. The Kier molecular flexibility index (Phi) is 8.83. The van der Waals surface area contributed by atoms with Crippen LogP contribution in [0.15, 0.2) is 18.2 Å². The zero-order valence-corrected chi connectivity index (χ0v) is 16.3. The topological polar surface area (TPSA) is 0 Å². The quantitative estimate of drug-likeness (QED) is 0.455. The predicted octanol–water partition coefficient (Wildman–Crippen LogP) is 5.68. The van der Waals surface area contributed by atoms with Gasteiger partial charge in [-0.15, -0.1) is 0 Å². The first kappa shape index (κ1) is 18.0. The molecule has 0 atom stereocenters. The van der Waals surface area contributed by atoms with E-state index in [2.05, 4.69) is 32.9 Å². The Bertz CT molecular complexity index is 354. The number of unbranched alkanes of at least 4 members (excludes halogenated alkanes) is 3. The predicted molar refractivity (Wildman–Crippen MR) is 89.8 cm³/mol. The minimum atomic E-state index is -2.41. The van der Waals surface area contributed by atoms with Gasteiger partial charge < -0.3 is 0 Å². The zero-order chi connectivity index (χ0) is 14.8. The molecule has 0 aliphatic heterocycles. The van der Waals surface area contributed by atoms with E-state index in [0.29, 0.717) is 0 Å². The number of benzene rings is 1. The molecule has 0 bridgehead atoms. The van der Waals surface area contributed by atoms with Crippen molar-refractivity contribution < 1.29 is 4.39 Å². The van der Waals surface area contributed by atoms with E-state index in [1.807, 2.05) is 6.07 Å². The van der Waals surface area contributed by atoms with Gasteiger partial charge in [0.15, 0.2) is 0 Å². The first-order chi connectivity index (χ1) is 9.68. The normalized spacial score (nSPS) is 11.8. The van der Waals surface area contributed by atoms with Crippen molar-refractivity contribution >= 4 is 22.0 Å². The summed E-state index contributed by atoms with van der Waals surface area (Å²) in [5, 5.41) is 0. The summed E-state index contributed by atoms with van der Waals surface area (Å²) in [6, 6.07) is 8.47. The number of rotatable bonds is 10. The van der Waals surface area contributed by atoms with Crippen LogP contribution in [0.2, 0.25) is 13.3 Å². The van der Waals surface area contributed by atoms with Crippen LogP contribution in [0.25, 0.3) is 0 Å². The van der Waals surface area contributed by atoms with E-state index in [1.54, 1.807) is 0 Å². The molecule has 1 rings (SSSR count). The number of halogens is 1. The standard InChI is InChI=1S/C6H3F.3C4H9.Sn/c7-6-4-2-1-3-5-6;3*1-3-4-2;/h1,4-5H;3*1,3-4H2,2H3;. The van der Waals surface area contributed by atoms with Crippen molar-refractivity contribution in [3.8, 4) is 0 Å². The van der Waals surface area contributed by atoms with E-state index in [9.17, 15) is 4.39 Å². The van der Waals surface area contributed by atoms with Crippen LogP contribution in [-0.4, -0.2) is 18.4 Å². The fraction of sp³-hybridized carbons (Fsp3) is 0.667. The summed E-state index contributed by atoms with van der Waals surface area (Å²) >= 11 is -2.41. The van der Waals surface area contributed by atoms with Crippen molar-refractivity contribution in [2.45, 2.75) is 72.6 Å². The Hall–Kier alpha value is -0.0513.